The summed E-state index contributed by atoms with van der Waals surface area (Å²) in [6.45, 7) is 5.87. The number of benzene rings is 4. The number of carbonyl (C=O) groups excluding carboxylic acids is 3. The second kappa shape index (κ2) is 17.6. The second-order valence-electron chi connectivity index (χ2n) is 14.2. The molecule has 0 aliphatic carbocycles. The zero-order valence-electron chi connectivity index (χ0n) is 31.4. The molecule has 0 unspecified atom stereocenters. The van der Waals surface area contributed by atoms with E-state index >= 15 is 0 Å². The molecule has 55 heavy (non-hydrogen) atoms. The molecule has 4 N–H and O–H groups in total. The lowest BCUT2D eigenvalue weighted by Gasteiger charge is -2.37. The van der Waals surface area contributed by atoms with Crippen molar-refractivity contribution in [3.8, 4) is 0 Å². The van der Waals surface area contributed by atoms with Gasteiger partial charge >= 0.3 is 6.09 Å². The summed E-state index contributed by atoms with van der Waals surface area (Å²) in [6.07, 6.45) is 4.92. The summed E-state index contributed by atoms with van der Waals surface area (Å²) in [6, 6.07) is 40.7. The van der Waals surface area contributed by atoms with Crippen LogP contribution >= 0.6 is 0 Å². The quantitative estimate of drug-likeness (QED) is 0.0425. The third kappa shape index (κ3) is 9.74. The summed E-state index contributed by atoms with van der Waals surface area (Å²) >= 11 is 0. The molecule has 0 spiro atoms. The van der Waals surface area contributed by atoms with Crippen molar-refractivity contribution in [3.05, 3.63) is 162 Å². The summed E-state index contributed by atoms with van der Waals surface area (Å²) in [5, 5.41) is 9.09. The fourth-order valence-corrected chi connectivity index (χ4v) is 6.56. The van der Waals surface area contributed by atoms with E-state index < -0.39 is 17.2 Å². The van der Waals surface area contributed by atoms with E-state index in [2.05, 4.69) is 109 Å². The van der Waals surface area contributed by atoms with Crippen LogP contribution < -0.4 is 16.0 Å². The Morgan fingerprint density at radius 2 is 1.38 bits per heavy atom. The maximum atomic E-state index is 12.9. The van der Waals surface area contributed by atoms with Crippen LogP contribution in [-0.4, -0.2) is 57.1 Å². The Kier molecular flexibility index (Phi) is 12.2. The van der Waals surface area contributed by atoms with Gasteiger partial charge in [-0.05, 0) is 68.9 Å². The minimum atomic E-state index is -0.740. The number of aryl methyl sites for hydroxylation is 1. The van der Waals surface area contributed by atoms with Gasteiger partial charge in [0.15, 0.2) is 0 Å². The van der Waals surface area contributed by atoms with Gasteiger partial charge in [-0.15, -0.1) is 0 Å². The predicted octanol–water partition coefficient (Wildman–Crippen LogP) is 7.34. The summed E-state index contributed by atoms with van der Waals surface area (Å²) in [7, 11) is 0. The number of aromatic nitrogens is 3. The largest absolute Gasteiger partial charge is 0.444 e. The smallest absolute Gasteiger partial charge is 0.414 e. The van der Waals surface area contributed by atoms with Gasteiger partial charge in [-0.1, -0.05) is 109 Å². The van der Waals surface area contributed by atoms with Gasteiger partial charge in [0.05, 0.1) is 12.0 Å². The minimum Gasteiger partial charge on any atom is -0.444 e. The molecule has 6 aromatic rings. The van der Waals surface area contributed by atoms with Gasteiger partial charge in [0.1, 0.15) is 16.8 Å². The van der Waals surface area contributed by atoms with E-state index in [-0.39, 0.29) is 24.2 Å². The topological polar surface area (TPSA) is 142 Å². The van der Waals surface area contributed by atoms with Crippen LogP contribution in [0.1, 0.15) is 72.9 Å². The van der Waals surface area contributed by atoms with E-state index in [1.54, 1.807) is 26.8 Å². The molecule has 282 valence electrons. The Labute approximate surface area is 321 Å². The standard InChI is InChI=1S/C44H47N7O4/c1-43(2,3)55-42(54)50-41(49-39(52)26-16-27-45-40(53)38-29-32-17-13-14-25-37(32)48-38)46-28-15-24-36-30-51(31-47-36)44(33-18-7-4-8-19-33,34-20-9-5-10-21-34)35-22-11-6-12-23-35/h4-14,17-23,25,29-31,48H,15-16,24,26-28H2,1-3H3,(H,45,53)(H2,46,49,50,52,54). The van der Waals surface area contributed by atoms with Crippen molar-refractivity contribution in [1.82, 2.24) is 30.5 Å². The average Bonchev–Trinajstić information content (AvgIpc) is 3.84. The number of aromatic amines is 1. The molecule has 0 aliphatic heterocycles. The van der Waals surface area contributed by atoms with Crippen LogP contribution in [0, 0.1) is 0 Å². The van der Waals surface area contributed by atoms with Gasteiger partial charge in [0.25, 0.3) is 5.91 Å². The van der Waals surface area contributed by atoms with E-state index in [9.17, 15) is 14.4 Å². The van der Waals surface area contributed by atoms with E-state index in [0.29, 0.717) is 38.0 Å². The molecule has 0 saturated heterocycles. The number of hydrogen-bond donors (Lipinski definition) is 4. The van der Waals surface area contributed by atoms with Crippen LogP contribution in [0.3, 0.4) is 0 Å². The number of carbonyl (C=O) groups is 3. The third-order valence-electron chi connectivity index (χ3n) is 8.98. The number of alkyl carbamates (subject to hydrolysis) is 1. The van der Waals surface area contributed by atoms with Crippen LogP contribution in [0.25, 0.3) is 10.9 Å². The van der Waals surface area contributed by atoms with E-state index in [0.717, 1.165) is 33.3 Å². The number of guanidine groups is 1. The molecule has 0 fully saturated rings. The lowest BCUT2D eigenvalue weighted by molar-refractivity contribution is -0.119. The van der Waals surface area contributed by atoms with Crippen molar-refractivity contribution in [2.24, 2.45) is 4.99 Å². The Bertz CT molecular complexity index is 2090. The Hall–Kier alpha value is -6.49. The highest BCUT2D eigenvalue weighted by Crippen LogP contribution is 2.40. The molecule has 4 aromatic carbocycles. The zero-order valence-corrected chi connectivity index (χ0v) is 31.4. The van der Waals surface area contributed by atoms with E-state index in [1.807, 2.05) is 48.8 Å². The van der Waals surface area contributed by atoms with Crippen LogP contribution in [0.4, 0.5) is 4.79 Å². The molecule has 11 heteroatoms. The van der Waals surface area contributed by atoms with Crippen molar-refractivity contribution in [1.29, 1.82) is 0 Å². The summed E-state index contributed by atoms with van der Waals surface area (Å²) < 4.78 is 7.58. The second-order valence-corrected chi connectivity index (χ2v) is 14.2. The maximum absolute atomic E-state index is 12.9. The first-order valence-electron chi connectivity index (χ1n) is 18.5. The molecule has 0 atom stereocenters. The molecule has 3 amide bonds. The number of rotatable bonds is 13. The highest BCUT2D eigenvalue weighted by Gasteiger charge is 2.38. The fourth-order valence-electron chi connectivity index (χ4n) is 6.56. The number of ether oxygens (including phenoxy) is 1. The number of nitrogens with zero attached hydrogens (tertiary/aromatic N) is 3. The van der Waals surface area contributed by atoms with Crippen molar-refractivity contribution in [2.75, 3.05) is 13.1 Å². The lowest BCUT2D eigenvalue weighted by atomic mass is 9.77. The fraction of sp³-hybridized carbons (Fsp3) is 0.250. The predicted molar refractivity (Wildman–Crippen MR) is 215 cm³/mol. The number of imidazole rings is 1. The number of hydrogen-bond acceptors (Lipinski definition) is 6. The SMILES string of the molecule is CC(C)(C)OC(=O)NC(=NCCCc1cn(C(c2ccccc2)(c2ccccc2)c2ccccc2)cn1)NC(=O)CCCNC(=O)c1cc2ccccc2[nH]1. The van der Waals surface area contributed by atoms with Crippen molar-refractivity contribution >= 4 is 34.8 Å². The van der Waals surface area contributed by atoms with Crippen LogP contribution in [0.15, 0.2) is 139 Å². The molecule has 11 nitrogen and oxygen atoms in total. The normalized spacial score (nSPS) is 11.9. The highest BCUT2D eigenvalue weighted by molar-refractivity contribution is 6.03. The number of amides is 3. The Morgan fingerprint density at radius 3 is 1.98 bits per heavy atom. The molecule has 2 aromatic heterocycles. The average molecular weight is 738 g/mol. The van der Waals surface area contributed by atoms with E-state index in [1.165, 1.54) is 0 Å². The van der Waals surface area contributed by atoms with Crippen LogP contribution in [0.2, 0.25) is 0 Å². The van der Waals surface area contributed by atoms with Crippen molar-refractivity contribution in [2.45, 2.75) is 57.6 Å². The van der Waals surface area contributed by atoms with Gasteiger partial charge in [-0.25, -0.2) is 9.78 Å². The number of fused-ring (bicyclic) bond motifs is 1. The molecule has 0 aliphatic rings. The first-order chi connectivity index (χ1) is 26.6. The summed E-state index contributed by atoms with van der Waals surface area (Å²) in [5.41, 5.74) is 4.11. The molecular formula is C44H47N7O4. The number of H-pyrrole nitrogens is 1. The van der Waals surface area contributed by atoms with Gasteiger partial charge < -0.3 is 19.6 Å². The van der Waals surface area contributed by atoms with Crippen molar-refractivity contribution in [3.63, 3.8) is 0 Å². The summed E-state index contributed by atoms with van der Waals surface area (Å²) in [5.74, 6) is -0.600. The van der Waals surface area contributed by atoms with Crippen LogP contribution in [-0.2, 0) is 21.5 Å². The third-order valence-corrected chi connectivity index (χ3v) is 8.98. The van der Waals surface area contributed by atoms with Gasteiger partial charge in [0, 0.05) is 36.6 Å². The number of aliphatic imine (C=N–C) groups is 1. The minimum absolute atomic E-state index is 0.00291. The van der Waals surface area contributed by atoms with E-state index in [4.69, 9.17) is 9.72 Å². The monoisotopic (exact) mass is 737 g/mol. The van der Waals surface area contributed by atoms with Gasteiger partial charge in [-0.2, -0.15) is 0 Å². The molecule has 2 heterocycles. The highest BCUT2D eigenvalue weighted by atomic mass is 16.6. The molecule has 0 radical (unpaired) electrons. The Morgan fingerprint density at radius 1 is 0.782 bits per heavy atom. The first-order valence-corrected chi connectivity index (χ1v) is 18.5. The molecule has 0 saturated carbocycles. The molecule has 0 bridgehead atoms. The van der Waals surface area contributed by atoms with Crippen LogP contribution in [0.5, 0.6) is 0 Å². The molecule has 6 rings (SSSR count). The van der Waals surface area contributed by atoms with Gasteiger partial charge in [0.2, 0.25) is 11.9 Å². The number of para-hydroxylation sites is 1. The molecular weight excluding hydrogens is 691 g/mol. The Balaban J connectivity index is 1.10. The first kappa shape index (κ1) is 38.2. The lowest BCUT2D eigenvalue weighted by Crippen LogP contribution is -2.46. The summed E-state index contributed by atoms with van der Waals surface area (Å²) in [4.78, 5) is 50.7. The van der Waals surface area contributed by atoms with Crippen molar-refractivity contribution < 1.29 is 19.1 Å². The zero-order chi connectivity index (χ0) is 38.7. The maximum Gasteiger partial charge on any atom is 0.414 e. The van der Waals surface area contributed by atoms with Gasteiger partial charge in [-0.3, -0.25) is 25.2 Å². The number of nitrogens with one attached hydrogen (secondary N) is 4.